The smallest absolute Gasteiger partial charge is 0.387 e. The summed E-state index contributed by atoms with van der Waals surface area (Å²) in [7, 11) is 0. The van der Waals surface area contributed by atoms with Gasteiger partial charge in [-0.05, 0) is 19.9 Å². The van der Waals surface area contributed by atoms with E-state index in [1.54, 1.807) is 6.92 Å². The first kappa shape index (κ1) is 21.5. The van der Waals surface area contributed by atoms with E-state index in [1.807, 2.05) is 0 Å². The summed E-state index contributed by atoms with van der Waals surface area (Å²) in [6, 6.07) is 3.54. The maximum absolute atomic E-state index is 13.1. The van der Waals surface area contributed by atoms with Crippen molar-refractivity contribution in [3.8, 4) is 11.5 Å². The maximum atomic E-state index is 13.1. The van der Waals surface area contributed by atoms with Crippen molar-refractivity contribution in [3.05, 3.63) is 46.3 Å². The molecule has 7 nitrogen and oxygen atoms in total. The number of benzene rings is 1. The number of rotatable bonds is 7. The number of dihydropyridines is 1. The van der Waals surface area contributed by atoms with Crippen LogP contribution in [0.5, 0.6) is 11.5 Å². The molecule has 2 aliphatic rings. The standard InChI is InChI=1S/C19H17F4NO6/c1-3-27-16(25)12-8(2)24-10-7-28-17(26)14(10)13(12)9-5-4-6-11(29-18(20)21)15(9)30-19(22)23/h4-6,13,18-19,24H,3,7H2,1-2H3. The second kappa shape index (κ2) is 8.64. The van der Waals surface area contributed by atoms with Gasteiger partial charge in [0.05, 0.1) is 29.4 Å². The fraction of sp³-hybridized carbons (Fsp3) is 0.368. The predicted molar refractivity (Wildman–Crippen MR) is 92.9 cm³/mol. The first-order chi connectivity index (χ1) is 14.2. The Morgan fingerprint density at radius 3 is 2.57 bits per heavy atom. The molecule has 0 aliphatic carbocycles. The Hall–Kier alpha value is -3.24. The molecular formula is C19H17F4NO6. The van der Waals surface area contributed by atoms with Crippen LogP contribution in [0, 0.1) is 0 Å². The van der Waals surface area contributed by atoms with Crippen molar-refractivity contribution in [2.75, 3.05) is 13.2 Å². The van der Waals surface area contributed by atoms with Crippen molar-refractivity contribution in [3.63, 3.8) is 0 Å². The fourth-order valence-corrected chi connectivity index (χ4v) is 3.42. The summed E-state index contributed by atoms with van der Waals surface area (Å²) >= 11 is 0. The fourth-order valence-electron chi connectivity index (χ4n) is 3.42. The average Bonchev–Trinajstić information content (AvgIpc) is 3.02. The summed E-state index contributed by atoms with van der Waals surface area (Å²) in [5.41, 5.74) is 0.362. The third-order valence-corrected chi connectivity index (χ3v) is 4.45. The Balaban J connectivity index is 2.23. The molecule has 0 aromatic heterocycles. The van der Waals surface area contributed by atoms with Gasteiger partial charge in [-0.2, -0.15) is 17.6 Å². The van der Waals surface area contributed by atoms with Crippen molar-refractivity contribution < 1.29 is 46.1 Å². The molecule has 0 radical (unpaired) electrons. The Morgan fingerprint density at radius 2 is 1.93 bits per heavy atom. The molecule has 0 fully saturated rings. The van der Waals surface area contributed by atoms with Gasteiger partial charge in [0, 0.05) is 11.3 Å². The van der Waals surface area contributed by atoms with Gasteiger partial charge in [-0.3, -0.25) is 0 Å². The number of cyclic esters (lactones) is 1. The summed E-state index contributed by atoms with van der Waals surface area (Å²) in [5.74, 6) is -4.26. The van der Waals surface area contributed by atoms with Crippen LogP contribution in [0.25, 0.3) is 0 Å². The molecule has 2 heterocycles. The molecule has 0 spiro atoms. The monoisotopic (exact) mass is 431 g/mol. The third-order valence-electron chi connectivity index (χ3n) is 4.45. The highest BCUT2D eigenvalue weighted by Gasteiger charge is 2.43. The van der Waals surface area contributed by atoms with E-state index in [1.165, 1.54) is 19.1 Å². The minimum absolute atomic E-state index is 0.00755. The Morgan fingerprint density at radius 1 is 1.23 bits per heavy atom. The number of ether oxygens (including phenoxy) is 4. The highest BCUT2D eigenvalue weighted by Crippen LogP contribution is 2.47. The first-order valence-corrected chi connectivity index (χ1v) is 8.82. The normalized spacial score (nSPS) is 18.4. The zero-order valence-electron chi connectivity index (χ0n) is 15.8. The van der Waals surface area contributed by atoms with Crippen molar-refractivity contribution in [1.29, 1.82) is 0 Å². The summed E-state index contributed by atoms with van der Waals surface area (Å²) < 4.78 is 70.7. The van der Waals surface area contributed by atoms with Gasteiger partial charge in [0.2, 0.25) is 0 Å². The van der Waals surface area contributed by atoms with Gasteiger partial charge in [0.15, 0.2) is 11.5 Å². The Kier molecular flexibility index (Phi) is 6.18. The molecule has 0 amide bonds. The largest absolute Gasteiger partial charge is 0.463 e. The molecule has 30 heavy (non-hydrogen) atoms. The molecule has 0 saturated carbocycles. The number of para-hydroxylation sites is 1. The third kappa shape index (κ3) is 4.05. The van der Waals surface area contributed by atoms with Gasteiger partial charge in [-0.25, -0.2) is 9.59 Å². The number of alkyl halides is 4. The van der Waals surface area contributed by atoms with Crippen LogP contribution >= 0.6 is 0 Å². The molecule has 3 rings (SSSR count). The van der Waals surface area contributed by atoms with Crippen LogP contribution in [0.3, 0.4) is 0 Å². The number of hydrogen-bond donors (Lipinski definition) is 1. The van der Waals surface area contributed by atoms with Gasteiger partial charge in [0.1, 0.15) is 6.61 Å². The van der Waals surface area contributed by atoms with E-state index in [2.05, 4.69) is 14.8 Å². The minimum atomic E-state index is -3.38. The van der Waals surface area contributed by atoms with Crippen LogP contribution in [-0.2, 0) is 19.1 Å². The van der Waals surface area contributed by atoms with Crippen molar-refractivity contribution in [2.45, 2.75) is 33.0 Å². The van der Waals surface area contributed by atoms with Gasteiger partial charge in [0.25, 0.3) is 0 Å². The number of esters is 2. The number of allylic oxidation sites excluding steroid dienone is 1. The number of nitrogens with one attached hydrogen (secondary N) is 1. The molecular weight excluding hydrogens is 414 g/mol. The van der Waals surface area contributed by atoms with Crippen molar-refractivity contribution in [1.82, 2.24) is 5.32 Å². The molecule has 162 valence electrons. The molecule has 11 heteroatoms. The topological polar surface area (TPSA) is 83.1 Å². The Labute approximate surface area is 168 Å². The summed E-state index contributed by atoms with van der Waals surface area (Å²) in [6.07, 6.45) is 0. The quantitative estimate of drug-likeness (QED) is 0.524. The van der Waals surface area contributed by atoms with Crippen LogP contribution in [0.4, 0.5) is 17.6 Å². The van der Waals surface area contributed by atoms with Crippen molar-refractivity contribution in [2.24, 2.45) is 0 Å². The molecule has 1 aromatic carbocycles. The van der Waals surface area contributed by atoms with Crippen LogP contribution in [0.2, 0.25) is 0 Å². The minimum Gasteiger partial charge on any atom is -0.463 e. The molecule has 1 unspecified atom stereocenters. The molecule has 1 aromatic rings. The van der Waals surface area contributed by atoms with E-state index < -0.39 is 42.6 Å². The number of halogens is 4. The number of carbonyl (C=O) groups is 2. The van der Waals surface area contributed by atoms with E-state index in [0.29, 0.717) is 11.4 Å². The first-order valence-electron chi connectivity index (χ1n) is 8.82. The average molecular weight is 431 g/mol. The van der Waals surface area contributed by atoms with Gasteiger partial charge >= 0.3 is 25.2 Å². The van der Waals surface area contributed by atoms with E-state index in [4.69, 9.17) is 9.47 Å². The summed E-state index contributed by atoms with van der Waals surface area (Å²) in [5, 5.41) is 2.88. The molecule has 0 bridgehead atoms. The number of hydrogen-bond acceptors (Lipinski definition) is 7. The van der Waals surface area contributed by atoms with Crippen molar-refractivity contribution >= 4 is 11.9 Å². The van der Waals surface area contributed by atoms with Gasteiger partial charge < -0.3 is 24.3 Å². The number of carbonyl (C=O) groups excluding carboxylic acids is 2. The second-order valence-electron chi connectivity index (χ2n) is 6.22. The lowest BCUT2D eigenvalue weighted by Gasteiger charge is -2.29. The summed E-state index contributed by atoms with van der Waals surface area (Å²) in [6.45, 7) is -3.73. The second-order valence-corrected chi connectivity index (χ2v) is 6.22. The molecule has 0 saturated heterocycles. The van der Waals surface area contributed by atoms with E-state index >= 15 is 0 Å². The summed E-state index contributed by atoms with van der Waals surface area (Å²) in [4.78, 5) is 25.0. The lowest BCUT2D eigenvalue weighted by Crippen LogP contribution is -2.30. The highest BCUT2D eigenvalue weighted by atomic mass is 19.3. The predicted octanol–water partition coefficient (Wildman–Crippen LogP) is 3.22. The van der Waals surface area contributed by atoms with Crippen LogP contribution in [-0.4, -0.2) is 38.4 Å². The van der Waals surface area contributed by atoms with Crippen LogP contribution in [0.15, 0.2) is 40.7 Å². The lowest BCUT2D eigenvalue weighted by molar-refractivity contribution is -0.138. The molecule has 1 atom stereocenters. The molecule has 2 aliphatic heterocycles. The lowest BCUT2D eigenvalue weighted by atomic mass is 9.80. The Bertz CT molecular complexity index is 928. The van der Waals surface area contributed by atoms with Crippen LogP contribution in [0.1, 0.15) is 25.3 Å². The van der Waals surface area contributed by atoms with Crippen LogP contribution < -0.4 is 14.8 Å². The van der Waals surface area contributed by atoms with E-state index in [-0.39, 0.29) is 29.9 Å². The van der Waals surface area contributed by atoms with E-state index in [0.717, 1.165) is 6.07 Å². The zero-order valence-corrected chi connectivity index (χ0v) is 15.8. The molecule has 1 N–H and O–H groups in total. The van der Waals surface area contributed by atoms with E-state index in [9.17, 15) is 27.2 Å². The maximum Gasteiger partial charge on any atom is 0.387 e. The zero-order chi connectivity index (χ0) is 22.0. The highest BCUT2D eigenvalue weighted by molar-refractivity contribution is 6.01. The van der Waals surface area contributed by atoms with Gasteiger partial charge in [-0.1, -0.05) is 12.1 Å². The SMILES string of the molecule is CCOC(=O)C1=C(C)NC2=C(C(=O)OC2)C1c1cccc(OC(F)F)c1OC(F)F. The van der Waals surface area contributed by atoms with Gasteiger partial charge in [-0.15, -0.1) is 0 Å².